The van der Waals surface area contributed by atoms with E-state index in [1.54, 1.807) is 11.8 Å². The van der Waals surface area contributed by atoms with Gasteiger partial charge in [-0.2, -0.15) is 0 Å². The molecule has 0 bridgehead atoms. The normalized spacial score (nSPS) is 22.7. The van der Waals surface area contributed by atoms with Gasteiger partial charge in [0.2, 0.25) is 0 Å². The monoisotopic (exact) mass is 378 g/mol. The summed E-state index contributed by atoms with van der Waals surface area (Å²) in [4.78, 5) is 4.02. The minimum absolute atomic E-state index is 0.394. The van der Waals surface area contributed by atoms with E-state index in [1.807, 2.05) is 11.3 Å². The van der Waals surface area contributed by atoms with Gasteiger partial charge in [0.1, 0.15) is 5.82 Å². The molecule has 0 saturated carbocycles. The minimum atomic E-state index is 0.394. The number of aromatic nitrogens is 3. The van der Waals surface area contributed by atoms with Gasteiger partial charge in [-0.15, -0.1) is 21.5 Å². The van der Waals surface area contributed by atoms with Gasteiger partial charge >= 0.3 is 0 Å². The number of thiophene rings is 1. The highest BCUT2D eigenvalue weighted by molar-refractivity contribution is 7.99. The molecule has 2 fully saturated rings. The van der Waals surface area contributed by atoms with Gasteiger partial charge in [0.15, 0.2) is 5.16 Å². The van der Waals surface area contributed by atoms with E-state index in [2.05, 4.69) is 44.2 Å². The summed E-state index contributed by atoms with van der Waals surface area (Å²) in [6.07, 6.45) is 5.12. The average molecular weight is 379 g/mol. The van der Waals surface area contributed by atoms with Crippen LogP contribution >= 0.6 is 23.1 Å². The van der Waals surface area contributed by atoms with Crippen molar-refractivity contribution in [3.8, 4) is 0 Å². The molecular formula is C18H26N4OS2. The van der Waals surface area contributed by atoms with Crippen LogP contribution < -0.4 is 0 Å². The highest BCUT2D eigenvalue weighted by Crippen LogP contribution is 2.30. The van der Waals surface area contributed by atoms with Crippen molar-refractivity contribution < 1.29 is 4.74 Å². The molecule has 0 radical (unpaired) electrons. The Morgan fingerprint density at radius 2 is 2.16 bits per heavy atom. The lowest BCUT2D eigenvalue weighted by Crippen LogP contribution is -2.33. The van der Waals surface area contributed by atoms with Crippen molar-refractivity contribution in [3.63, 3.8) is 0 Å². The van der Waals surface area contributed by atoms with E-state index in [0.29, 0.717) is 12.0 Å². The van der Waals surface area contributed by atoms with Crippen LogP contribution in [0, 0.1) is 0 Å². The van der Waals surface area contributed by atoms with Gasteiger partial charge in [-0.3, -0.25) is 4.90 Å². The minimum Gasteiger partial charge on any atom is -0.377 e. The first kappa shape index (κ1) is 17.5. The number of rotatable bonds is 6. The summed E-state index contributed by atoms with van der Waals surface area (Å²) in [5.41, 5.74) is 0. The Labute approximate surface area is 157 Å². The van der Waals surface area contributed by atoms with Gasteiger partial charge in [-0.1, -0.05) is 17.8 Å². The molecule has 2 aromatic rings. The van der Waals surface area contributed by atoms with Crippen LogP contribution in [0.3, 0.4) is 0 Å². The van der Waals surface area contributed by atoms with Crippen LogP contribution in [0.5, 0.6) is 0 Å². The second-order valence-electron chi connectivity index (χ2n) is 6.98. The number of likely N-dealkylation sites (tertiary alicyclic amines) is 1. The number of thioether (sulfide) groups is 1. The van der Waals surface area contributed by atoms with Gasteiger partial charge in [0.25, 0.3) is 0 Å². The molecule has 5 nitrogen and oxygen atoms in total. The standard InChI is InChI=1S/C18H26N4OS2/c1-21-17(19-20-18(21)25-13-15-4-2-10-23-15)14-6-8-22(9-7-14)12-16-5-3-11-24-16/h3,5,11,14-15H,2,4,6-10,12-13H2,1H3/t15-/m0/s1. The van der Waals surface area contributed by atoms with Gasteiger partial charge in [0, 0.05) is 36.7 Å². The fourth-order valence-electron chi connectivity index (χ4n) is 3.72. The first-order chi connectivity index (χ1) is 12.3. The first-order valence-electron chi connectivity index (χ1n) is 9.18. The van der Waals surface area contributed by atoms with E-state index < -0.39 is 0 Å². The molecule has 0 spiro atoms. The summed E-state index contributed by atoms with van der Waals surface area (Å²) in [6.45, 7) is 4.30. The van der Waals surface area contributed by atoms with E-state index >= 15 is 0 Å². The lowest BCUT2D eigenvalue weighted by molar-refractivity contribution is 0.129. The molecule has 0 amide bonds. The van der Waals surface area contributed by atoms with Crippen LogP contribution in [0.15, 0.2) is 22.7 Å². The maximum absolute atomic E-state index is 5.71. The summed E-state index contributed by atoms with van der Waals surface area (Å²) in [7, 11) is 2.12. The molecule has 4 heterocycles. The predicted molar refractivity (Wildman–Crippen MR) is 102 cm³/mol. The van der Waals surface area contributed by atoms with Gasteiger partial charge in [0.05, 0.1) is 6.10 Å². The number of nitrogens with zero attached hydrogens (tertiary/aromatic N) is 4. The third-order valence-electron chi connectivity index (χ3n) is 5.20. The zero-order chi connectivity index (χ0) is 17.1. The Kier molecular flexibility index (Phi) is 5.75. The molecule has 0 N–H and O–H groups in total. The molecule has 0 aliphatic carbocycles. The maximum atomic E-state index is 5.71. The van der Waals surface area contributed by atoms with Crippen LogP contribution in [0.1, 0.15) is 42.3 Å². The Bertz CT molecular complexity index is 659. The second kappa shape index (κ2) is 8.20. The van der Waals surface area contributed by atoms with Crippen LogP contribution in [-0.2, 0) is 18.3 Å². The molecule has 7 heteroatoms. The van der Waals surface area contributed by atoms with Gasteiger partial charge in [-0.05, 0) is 50.2 Å². The Balaban J connectivity index is 1.30. The van der Waals surface area contributed by atoms with Crippen molar-refractivity contribution in [2.75, 3.05) is 25.4 Å². The zero-order valence-corrected chi connectivity index (χ0v) is 16.4. The summed E-state index contributed by atoms with van der Waals surface area (Å²) in [5.74, 6) is 2.69. The SMILES string of the molecule is Cn1c(SC[C@@H]2CCCO2)nnc1C1CCN(Cc2cccs2)CC1. The average Bonchev–Trinajstić information content (AvgIpc) is 3.37. The summed E-state index contributed by atoms with van der Waals surface area (Å²) in [5, 5.41) is 12.2. The van der Waals surface area contributed by atoms with Gasteiger partial charge in [-0.25, -0.2) is 0 Å². The number of hydrogen-bond donors (Lipinski definition) is 0. The fourth-order valence-corrected chi connectivity index (χ4v) is 5.45. The largest absolute Gasteiger partial charge is 0.377 e. The molecule has 2 aliphatic heterocycles. The van der Waals surface area contributed by atoms with Crippen LogP contribution in [0.4, 0.5) is 0 Å². The van der Waals surface area contributed by atoms with Crippen molar-refractivity contribution in [1.29, 1.82) is 0 Å². The Morgan fingerprint density at radius 1 is 1.28 bits per heavy atom. The Hall–Kier alpha value is -0.890. The van der Waals surface area contributed by atoms with Crippen molar-refractivity contribution in [2.45, 2.75) is 49.4 Å². The maximum Gasteiger partial charge on any atom is 0.191 e. The van der Waals surface area contributed by atoms with E-state index in [-0.39, 0.29) is 0 Å². The Morgan fingerprint density at radius 3 is 2.88 bits per heavy atom. The van der Waals surface area contributed by atoms with Crippen LogP contribution in [0.2, 0.25) is 0 Å². The lowest BCUT2D eigenvalue weighted by atomic mass is 9.96. The molecular weight excluding hydrogens is 352 g/mol. The molecule has 2 aromatic heterocycles. The number of piperidine rings is 1. The molecule has 136 valence electrons. The van der Waals surface area contributed by atoms with Crippen molar-refractivity contribution >= 4 is 23.1 Å². The predicted octanol–water partition coefficient (Wildman–Crippen LogP) is 3.53. The number of hydrogen-bond acceptors (Lipinski definition) is 6. The fraction of sp³-hybridized carbons (Fsp3) is 0.667. The topological polar surface area (TPSA) is 43.2 Å². The molecule has 0 unspecified atom stereocenters. The molecule has 1 atom stereocenters. The van der Waals surface area contributed by atoms with Crippen LogP contribution in [0.25, 0.3) is 0 Å². The highest BCUT2D eigenvalue weighted by Gasteiger charge is 2.26. The first-order valence-corrected chi connectivity index (χ1v) is 11.0. The van der Waals surface area contributed by atoms with E-state index in [0.717, 1.165) is 43.0 Å². The molecule has 2 saturated heterocycles. The molecule has 25 heavy (non-hydrogen) atoms. The number of ether oxygens (including phenoxy) is 1. The summed E-state index contributed by atoms with van der Waals surface area (Å²) in [6, 6.07) is 4.37. The summed E-state index contributed by atoms with van der Waals surface area (Å²) >= 11 is 3.64. The highest BCUT2D eigenvalue weighted by atomic mass is 32.2. The molecule has 4 rings (SSSR count). The van der Waals surface area contributed by atoms with Gasteiger partial charge < -0.3 is 9.30 Å². The van der Waals surface area contributed by atoms with E-state index in [4.69, 9.17) is 4.74 Å². The molecule has 0 aromatic carbocycles. The van der Waals surface area contributed by atoms with Crippen molar-refractivity contribution in [1.82, 2.24) is 19.7 Å². The van der Waals surface area contributed by atoms with E-state index in [1.165, 1.54) is 30.6 Å². The van der Waals surface area contributed by atoms with Crippen LogP contribution in [-0.4, -0.2) is 51.2 Å². The molecule has 2 aliphatic rings. The lowest BCUT2D eigenvalue weighted by Gasteiger charge is -2.31. The van der Waals surface area contributed by atoms with Crippen molar-refractivity contribution in [2.24, 2.45) is 7.05 Å². The quantitative estimate of drug-likeness (QED) is 0.720. The van der Waals surface area contributed by atoms with E-state index in [9.17, 15) is 0 Å². The smallest absolute Gasteiger partial charge is 0.191 e. The third kappa shape index (κ3) is 4.27. The second-order valence-corrected chi connectivity index (χ2v) is 9.00. The van der Waals surface area contributed by atoms with Crippen molar-refractivity contribution in [3.05, 3.63) is 28.2 Å². The third-order valence-corrected chi connectivity index (χ3v) is 7.22. The summed E-state index contributed by atoms with van der Waals surface area (Å²) < 4.78 is 7.92. The zero-order valence-electron chi connectivity index (χ0n) is 14.8.